The average molecular weight is 475 g/mol. The third-order valence-corrected chi connectivity index (χ3v) is 5.14. The molecule has 1 aliphatic carbocycles. The molecular formula is C16H34IN3O3S. The van der Waals surface area contributed by atoms with Gasteiger partial charge in [-0.1, -0.05) is 0 Å². The van der Waals surface area contributed by atoms with Gasteiger partial charge in [-0.3, -0.25) is 4.99 Å². The molecule has 0 aromatic carbocycles. The minimum Gasteiger partial charge on any atom is -0.382 e. The van der Waals surface area contributed by atoms with Gasteiger partial charge in [-0.05, 0) is 51.9 Å². The predicted octanol–water partition coefficient (Wildman–Crippen LogP) is 2.19. The first-order valence-corrected chi connectivity index (χ1v) is 10.7. The summed E-state index contributed by atoms with van der Waals surface area (Å²) in [5.41, 5.74) is 0.313. The van der Waals surface area contributed by atoms with E-state index in [-0.39, 0.29) is 35.8 Å². The number of hydrogen-bond acceptors (Lipinski definition) is 4. The van der Waals surface area contributed by atoms with Crippen molar-refractivity contribution in [3.63, 3.8) is 0 Å². The number of hydrogen-bond donors (Lipinski definition) is 2. The smallest absolute Gasteiger partial charge is 0.191 e. The molecule has 1 aliphatic rings. The van der Waals surface area contributed by atoms with E-state index >= 15 is 0 Å². The molecule has 1 saturated carbocycles. The third-order valence-electron chi connectivity index (χ3n) is 4.16. The maximum absolute atomic E-state index is 11.3. The van der Waals surface area contributed by atoms with Crippen LogP contribution in [0.1, 0.15) is 46.5 Å². The van der Waals surface area contributed by atoms with Crippen LogP contribution >= 0.6 is 24.0 Å². The van der Waals surface area contributed by atoms with Crippen molar-refractivity contribution < 1.29 is 13.2 Å². The molecule has 0 spiro atoms. The lowest BCUT2D eigenvalue weighted by Gasteiger charge is -2.19. The van der Waals surface area contributed by atoms with Crippen molar-refractivity contribution in [1.82, 2.24) is 10.6 Å². The highest BCUT2D eigenvalue weighted by molar-refractivity contribution is 14.0. The molecule has 0 radical (unpaired) electrons. The minimum atomic E-state index is -2.92. The molecule has 144 valence electrons. The highest BCUT2D eigenvalue weighted by Crippen LogP contribution is 2.48. The van der Waals surface area contributed by atoms with Crippen molar-refractivity contribution in [3.05, 3.63) is 0 Å². The summed E-state index contributed by atoms with van der Waals surface area (Å²) in [5, 5.41) is 6.54. The summed E-state index contributed by atoms with van der Waals surface area (Å²) in [6.07, 6.45) is 5.35. The quantitative estimate of drug-likeness (QED) is 0.207. The summed E-state index contributed by atoms with van der Waals surface area (Å²) in [6, 6.07) is 0.0705. The maximum atomic E-state index is 11.3. The van der Waals surface area contributed by atoms with Crippen LogP contribution in [0, 0.1) is 5.41 Å². The first-order valence-electron chi connectivity index (χ1n) is 8.60. The average Bonchev–Trinajstić information content (AvgIpc) is 3.23. The van der Waals surface area contributed by atoms with E-state index in [1.54, 1.807) is 0 Å². The second kappa shape index (κ2) is 11.5. The van der Waals surface area contributed by atoms with E-state index in [2.05, 4.69) is 10.6 Å². The molecule has 0 heterocycles. The van der Waals surface area contributed by atoms with Gasteiger partial charge in [0, 0.05) is 38.6 Å². The number of guanidine groups is 1. The Morgan fingerprint density at radius 1 is 1.33 bits per heavy atom. The number of nitrogens with one attached hydrogen (secondary N) is 2. The molecule has 8 heteroatoms. The molecule has 1 atom stereocenters. The summed E-state index contributed by atoms with van der Waals surface area (Å²) < 4.78 is 28.0. The van der Waals surface area contributed by atoms with Gasteiger partial charge in [0.25, 0.3) is 0 Å². The Kier molecular flexibility index (Phi) is 11.5. The lowest BCUT2D eigenvalue weighted by molar-refractivity contribution is 0.129. The molecular weight excluding hydrogens is 441 g/mol. The molecule has 6 nitrogen and oxygen atoms in total. The summed E-state index contributed by atoms with van der Waals surface area (Å²) in [5.74, 6) is 0.968. The molecule has 24 heavy (non-hydrogen) atoms. The fourth-order valence-corrected chi connectivity index (χ4v) is 3.14. The molecule has 0 saturated heterocycles. The molecule has 0 amide bonds. The number of ether oxygens (including phenoxy) is 1. The van der Waals surface area contributed by atoms with E-state index in [9.17, 15) is 8.42 Å². The van der Waals surface area contributed by atoms with Crippen molar-refractivity contribution in [2.75, 3.05) is 38.3 Å². The van der Waals surface area contributed by atoms with Crippen LogP contribution in [0.4, 0.5) is 0 Å². The van der Waals surface area contributed by atoms with Gasteiger partial charge < -0.3 is 15.4 Å². The van der Waals surface area contributed by atoms with Crippen LogP contribution in [0.3, 0.4) is 0 Å². The Labute approximate surface area is 164 Å². The Balaban J connectivity index is 0.00000529. The largest absolute Gasteiger partial charge is 0.382 e. The number of sulfone groups is 1. The van der Waals surface area contributed by atoms with E-state index in [0.717, 1.165) is 38.7 Å². The molecule has 1 fully saturated rings. The van der Waals surface area contributed by atoms with Gasteiger partial charge in [0.15, 0.2) is 5.96 Å². The molecule has 0 bridgehead atoms. The Morgan fingerprint density at radius 3 is 2.50 bits per heavy atom. The SMILES string of the molecule is CCNC(=NCC1(CCOCC)CC1)NC(C)CCS(C)(=O)=O.I. The maximum Gasteiger partial charge on any atom is 0.191 e. The van der Waals surface area contributed by atoms with E-state index in [4.69, 9.17) is 9.73 Å². The zero-order valence-electron chi connectivity index (χ0n) is 15.4. The van der Waals surface area contributed by atoms with Crippen LogP contribution in [-0.2, 0) is 14.6 Å². The minimum absolute atomic E-state index is 0. The fraction of sp³-hybridized carbons (Fsp3) is 0.938. The van der Waals surface area contributed by atoms with Crippen molar-refractivity contribution >= 4 is 39.8 Å². The van der Waals surface area contributed by atoms with Crippen LogP contribution < -0.4 is 10.6 Å². The van der Waals surface area contributed by atoms with Gasteiger partial charge in [0.1, 0.15) is 9.84 Å². The summed E-state index contributed by atoms with van der Waals surface area (Å²) in [7, 11) is -2.92. The van der Waals surface area contributed by atoms with E-state index < -0.39 is 9.84 Å². The zero-order chi connectivity index (χ0) is 17.3. The number of halogens is 1. The molecule has 2 N–H and O–H groups in total. The number of aliphatic imine (C=N–C) groups is 1. The van der Waals surface area contributed by atoms with Gasteiger partial charge in [-0.15, -0.1) is 24.0 Å². The van der Waals surface area contributed by atoms with E-state index in [0.29, 0.717) is 11.8 Å². The van der Waals surface area contributed by atoms with Crippen molar-refractivity contribution in [2.45, 2.75) is 52.5 Å². The van der Waals surface area contributed by atoms with Crippen LogP contribution in [-0.4, -0.2) is 58.7 Å². The van der Waals surface area contributed by atoms with Gasteiger partial charge in [0.05, 0.1) is 5.75 Å². The van der Waals surface area contributed by atoms with Gasteiger partial charge >= 0.3 is 0 Å². The second-order valence-electron chi connectivity index (χ2n) is 6.61. The molecule has 0 aromatic rings. The molecule has 0 aliphatic heterocycles. The van der Waals surface area contributed by atoms with Crippen molar-refractivity contribution in [2.24, 2.45) is 10.4 Å². The topological polar surface area (TPSA) is 79.8 Å². The summed E-state index contributed by atoms with van der Waals surface area (Å²) in [6.45, 7) is 9.19. The lowest BCUT2D eigenvalue weighted by atomic mass is 10.0. The number of rotatable bonds is 11. The summed E-state index contributed by atoms with van der Waals surface area (Å²) in [4.78, 5) is 4.70. The van der Waals surface area contributed by atoms with Gasteiger partial charge in [-0.25, -0.2) is 8.42 Å². The first kappa shape index (κ1) is 23.9. The second-order valence-corrected chi connectivity index (χ2v) is 8.87. The molecule has 1 unspecified atom stereocenters. The van der Waals surface area contributed by atoms with Crippen LogP contribution in [0.25, 0.3) is 0 Å². The molecule has 1 rings (SSSR count). The zero-order valence-corrected chi connectivity index (χ0v) is 18.6. The highest BCUT2D eigenvalue weighted by Gasteiger charge is 2.41. The van der Waals surface area contributed by atoms with Crippen molar-refractivity contribution in [3.8, 4) is 0 Å². The van der Waals surface area contributed by atoms with E-state index in [1.165, 1.54) is 19.1 Å². The first-order chi connectivity index (χ1) is 10.8. The predicted molar refractivity (Wildman–Crippen MR) is 111 cm³/mol. The normalized spacial score (nSPS) is 17.8. The van der Waals surface area contributed by atoms with E-state index in [1.807, 2.05) is 20.8 Å². The van der Waals surface area contributed by atoms with Crippen molar-refractivity contribution in [1.29, 1.82) is 0 Å². The number of nitrogens with zero attached hydrogens (tertiary/aromatic N) is 1. The fourth-order valence-electron chi connectivity index (χ4n) is 2.36. The Bertz CT molecular complexity index is 479. The van der Waals surface area contributed by atoms with Gasteiger partial charge in [-0.2, -0.15) is 0 Å². The Morgan fingerprint density at radius 2 is 2.00 bits per heavy atom. The Hall–Kier alpha value is -0.0900. The molecule has 0 aromatic heterocycles. The summed E-state index contributed by atoms with van der Waals surface area (Å²) >= 11 is 0. The monoisotopic (exact) mass is 475 g/mol. The van der Waals surface area contributed by atoms with Gasteiger partial charge in [0.2, 0.25) is 0 Å². The standard InChI is InChI=1S/C16H33N3O3S.HI/c1-5-17-15(19-14(3)7-12-23(4,20)21)18-13-16(8-9-16)10-11-22-6-2;/h14H,5-13H2,1-4H3,(H2,17,18,19);1H. The third kappa shape index (κ3) is 10.7. The van der Waals surface area contributed by atoms with Crippen LogP contribution in [0.2, 0.25) is 0 Å². The van der Waals surface area contributed by atoms with Crippen LogP contribution in [0.5, 0.6) is 0 Å². The highest BCUT2D eigenvalue weighted by atomic mass is 127. The lowest BCUT2D eigenvalue weighted by Crippen LogP contribution is -2.43. The van der Waals surface area contributed by atoms with Crippen LogP contribution in [0.15, 0.2) is 4.99 Å².